The van der Waals surface area contributed by atoms with Crippen LogP contribution in [0.4, 0.5) is 0 Å². The van der Waals surface area contributed by atoms with Crippen molar-refractivity contribution in [3.63, 3.8) is 0 Å². The van der Waals surface area contributed by atoms with Gasteiger partial charge in [0.25, 0.3) is 0 Å². The topological polar surface area (TPSA) is 58.4 Å². The highest BCUT2D eigenvalue weighted by atomic mass is 16.2. The van der Waals surface area contributed by atoms with Gasteiger partial charge < -0.3 is 11.1 Å². The van der Waals surface area contributed by atoms with Crippen molar-refractivity contribution >= 4 is 5.91 Å². The van der Waals surface area contributed by atoms with E-state index in [1.807, 2.05) is 6.92 Å². The minimum Gasteiger partial charge on any atom is -0.352 e. The molecule has 20 heavy (non-hydrogen) atoms. The molecule has 0 aromatic heterocycles. The van der Waals surface area contributed by atoms with Crippen LogP contribution in [-0.2, 0) is 11.2 Å². The van der Waals surface area contributed by atoms with E-state index in [9.17, 15) is 4.79 Å². The summed E-state index contributed by atoms with van der Waals surface area (Å²) in [6, 6.07) is 8.90. The number of nitrogens with two attached hydrogens (primary N) is 1. The second-order valence-corrected chi connectivity index (χ2v) is 5.90. The summed E-state index contributed by atoms with van der Waals surface area (Å²) in [5, 5.41) is 3.10. The Morgan fingerprint density at radius 3 is 2.90 bits per heavy atom. The van der Waals surface area contributed by atoms with Gasteiger partial charge in [-0.1, -0.05) is 24.3 Å². The molecule has 0 spiro atoms. The highest BCUT2D eigenvalue weighted by molar-refractivity contribution is 5.82. The number of fused-ring (bicyclic) bond motifs is 1. The van der Waals surface area contributed by atoms with Crippen LogP contribution in [0, 0.1) is 0 Å². The van der Waals surface area contributed by atoms with Crippen molar-refractivity contribution < 1.29 is 4.79 Å². The monoisotopic (exact) mass is 273 g/mol. The molecule has 0 radical (unpaired) electrons. The SMILES string of the molecule is CC(C(=O)NC1CC1)N1CCc2ccccc2C1CN. The molecular weight excluding hydrogens is 250 g/mol. The summed E-state index contributed by atoms with van der Waals surface area (Å²) in [5.74, 6) is 0.144. The maximum Gasteiger partial charge on any atom is 0.237 e. The molecule has 4 heteroatoms. The molecule has 1 fully saturated rings. The summed E-state index contributed by atoms with van der Waals surface area (Å²) >= 11 is 0. The molecular formula is C16H23N3O. The van der Waals surface area contributed by atoms with E-state index in [2.05, 4.69) is 34.5 Å². The lowest BCUT2D eigenvalue weighted by Crippen LogP contribution is -2.51. The third kappa shape index (κ3) is 2.58. The average Bonchev–Trinajstić information content (AvgIpc) is 3.29. The van der Waals surface area contributed by atoms with Gasteiger partial charge in [0, 0.05) is 25.2 Å². The van der Waals surface area contributed by atoms with E-state index in [0.717, 1.165) is 25.8 Å². The molecule has 2 atom stereocenters. The van der Waals surface area contributed by atoms with Gasteiger partial charge in [-0.15, -0.1) is 0 Å². The zero-order valence-electron chi connectivity index (χ0n) is 12.0. The molecule has 0 bridgehead atoms. The molecule has 1 saturated carbocycles. The Kier molecular flexibility index (Phi) is 3.76. The first-order valence-corrected chi connectivity index (χ1v) is 7.54. The molecule has 1 aliphatic carbocycles. The molecule has 1 heterocycles. The molecule has 3 N–H and O–H groups in total. The number of benzene rings is 1. The van der Waals surface area contributed by atoms with Gasteiger partial charge in [0.05, 0.1) is 6.04 Å². The first-order valence-electron chi connectivity index (χ1n) is 7.54. The second-order valence-electron chi connectivity index (χ2n) is 5.90. The van der Waals surface area contributed by atoms with Crippen molar-refractivity contribution in [2.75, 3.05) is 13.1 Å². The molecule has 2 aliphatic rings. The predicted octanol–water partition coefficient (Wildman–Crippen LogP) is 1.21. The largest absolute Gasteiger partial charge is 0.352 e. The molecule has 2 unspecified atom stereocenters. The van der Waals surface area contributed by atoms with E-state index in [0.29, 0.717) is 12.6 Å². The Balaban J connectivity index is 1.77. The maximum absolute atomic E-state index is 12.3. The Labute approximate surface area is 120 Å². The van der Waals surface area contributed by atoms with E-state index < -0.39 is 0 Å². The first kappa shape index (κ1) is 13.6. The highest BCUT2D eigenvalue weighted by Gasteiger charge is 2.34. The Morgan fingerprint density at radius 2 is 2.20 bits per heavy atom. The normalized spacial score (nSPS) is 24.0. The summed E-state index contributed by atoms with van der Waals surface area (Å²) < 4.78 is 0. The van der Waals surface area contributed by atoms with Crippen LogP contribution < -0.4 is 11.1 Å². The van der Waals surface area contributed by atoms with E-state index in [4.69, 9.17) is 5.73 Å². The molecule has 1 aliphatic heterocycles. The third-order valence-electron chi connectivity index (χ3n) is 4.48. The fraction of sp³-hybridized carbons (Fsp3) is 0.562. The molecule has 3 rings (SSSR count). The Bertz CT molecular complexity index is 498. The number of amides is 1. The fourth-order valence-corrected chi connectivity index (χ4v) is 3.10. The van der Waals surface area contributed by atoms with Gasteiger partial charge in [0.1, 0.15) is 0 Å². The first-order chi connectivity index (χ1) is 9.70. The van der Waals surface area contributed by atoms with Crippen molar-refractivity contribution in [2.24, 2.45) is 5.73 Å². The van der Waals surface area contributed by atoms with Crippen LogP contribution in [0.25, 0.3) is 0 Å². The highest BCUT2D eigenvalue weighted by Crippen LogP contribution is 2.30. The van der Waals surface area contributed by atoms with Gasteiger partial charge in [-0.25, -0.2) is 0 Å². The van der Waals surface area contributed by atoms with Gasteiger partial charge in [-0.2, -0.15) is 0 Å². The zero-order chi connectivity index (χ0) is 14.1. The molecule has 4 nitrogen and oxygen atoms in total. The van der Waals surface area contributed by atoms with Crippen molar-refractivity contribution in [3.05, 3.63) is 35.4 Å². The lowest BCUT2D eigenvalue weighted by atomic mass is 9.91. The fourth-order valence-electron chi connectivity index (χ4n) is 3.10. The van der Waals surface area contributed by atoms with Gasteiger partial charge in [0.2, 0.25) is 5.91 Å². The van der Waals surface area contributed by atoms with Crippen molar-refractivity contribution in [2.45, 2.75) is 44.3 Å². The number of hydrogen-bond acceptors (Lipinski definition) is 3. The smallest absolute Gasteiger partial charge is 0.237 e. The number of nitrogens with zero attached hydrogens (tertiary/aromatic N) is 1. The van der Waals surface area contributed by atoms with Crippen LogP contribution in [0.5, 0.6) is 0 Å². The Morgan fingerprint density at radius 1 is 1.45 bits per heavy atom. The number of rotatable bonds is 4. The molecule has 1 amide bonds. The summed E-state index contributed by atoms with van der Waals surface area (Å²) in [5.41, 5.74) is 8.64. The van der Waals surface area contributed by atoms with Gasteiger partial charge in [0.15, 0.2) is 0 Å². The lowest BCUT2D eigenvalue weighted by Gasteiger charge is -2.39. The summed E-state index contributed by atoms with van der Waals surface area (Å²) in [6.07, 6.45) is 3.25. The number of hydrogen-bond donors (Lipinski definition) is 2. The number of nitrogens with one attached hydrogen (secondary N) is 1. The Hall–Kier alpha value is -1.39. The van der Waals surface area contributed by atoms with Crippen LogP contribution in [-0.4, -0.2) is 36.0 Å². The van der Waals surface area contributed by atoms with Gasteiger partial charge in [-0.3, -0.25) is 9.69 Å². The summed E-state index contributed by atoms with van der Waals surface area (Å²) in [4.78, 5) is 14.5. The van der Waals surface area contributed by atoms with Crippen molar-refractivity contribution in [3.8, 4) is 0 Å². The van der Waals surface area contributed by atoms with Crippen molar-refractivity contribution in [1.82, 2.24) is 10.2 Å². The molecule has 108 valence electrons. The van der Waals surface area contributed by atoms with E-state index in [-0.39, 0.29) is 18.0 Å². The van der Waals surface area contributed by atoms with E-state index >= 15 is 0 Å². The van der Waals surface area contributed by atoms with E-state index in [1.54, 1.807) is 0 Å². The predicted molar refractivity (Wildman–Crippen MR) is 79.3 cm³/mol. The van der Waals surface area contributed by atoms with Gasteiger partial charge in [-0.05, 0) is 37.3 Å². The van der Waals surface area contributed by atoms with Gasteiger partial charge >= 0.3 is 0 Å². The number of carbonyl (C=O) groups is 1. The third-order valence-corrected chi connectivity index (χ3v) is 4.48. The standard InChI is InChI=1S/C16H23N3O/c1-11(16(20)18-13-6-7-13)19-9-8-12-4-2-3-5-14(12)15(19)10-17/h2-5,11,13,15H,6-10,17H2,1H3,(H,18,20). The quantitative estimate of drug-likeness (QED) is 0.867. The van der Waals surface area contributed by atoms with Crippen LogP contribution >= 0.6 is 0 Å². The summed E-state index contributed by atoms with van der Waals surface area (Å²) in [7, 11) is 0. The number of carbonyl (C=O) groups excluding carboxylic acids is 1. The zero-order valence-corrected chi connectivity index (χ0v) is 12.0. The maximum atomic E-state index is 12.3. The molecule has 1 aromatic carbocycles. The van der Waals surface area contributed by atoms with E-state index in [1.165, 1.54) is 11.1 Å². The summed E-state index contributed by atoms with van der Waals surface area (Å²) in [6.45, 7) is 3.45. The van der Waals surface area contributed by atoms with Crippen molar-refractivity contribution in [1.29, 1.82) is 0 Å². The average molecular weight is 273 g/mol. The second kappa shape index (κ2) is 5.54. The minimum atomic E-state index is -0.113. The lowest BCUT2D eigenvalue weighted by molar-refractivity contribution is -0.127. The molecule has 1 aromatic rings. The van der Waals surface area contributed by atoms with Crippen LogP contribution in [0.15, 0.2) is 24.3 Å². The van der Waals surface area contributed by atoms with Crippen LogP contribution in [0.3, 0.4) is 0 Å². The van der Waals surface area contributed by atoms with Crippen LogP contribution in [0.1, 0.15) is 36.9 Å². The molecule has 0 saturated heterocycles. The minimum absolute atomic E-state index is 0.113. The van der Waals surface area contributed by atoms with Crippen LogP contribution in [0.2, 0.25) is 0 Å².